The monoisotopic (exact) mass is 296 g/mol. The van der Waals surface area contributed by atoms with Crippen molar-refractivity contribution in [2.75, 3.05) is 19.6 Å². The largest absolute Gasteiger partial charge is 0.309 e. The van der Waals surface area contributed by atoms with Crippen LogP contribution in [0.25, 0.3) is 0 Å². The van der Waals surface area contributed by atoms with Crippen LogP contribution in [0.4, 0.5) is 0 Å². The third-order valence-electron chi connectivity index (χ3n) is 4.81. The molecule has 1 unspecified atom stereocenters. The minimum atomic E-state index is 0.289. The Hall–Kier alpha value is -0.580. The number of rotatable bonds is 4. The Kier molecular flexibility index (Phi) is 3.82. The number of nitrogens with one attached hydrogen (secondary N) is 1. The van der Waals surface area contributed by atoms with Gasteiger partial charge in [0.1, 0.15) is 0 Å². The van der Waals surface area contributed by atoms with Gasteiger partial charge in [-0.15, -0.1) is 0 Å². The highest BCUT2D eigenvalue weighted by molar-refractivity contribution is 6.31. The molecule has 1 atom stereocenters. The number of hydrogen-bond donors (Lipinski definition) is 1. The van der Waals surface area contributed by atoms with Crippen molar-refractivity contribution >= 4 is 11.6 Å². The molecule has 2 aliphatic rings. The van der Waals surface area contributed by atoms with Gasteiger partial charge in [-0.25, -0.2) is 0 Å². The van der Waals surface area contributed by atoms with Crippen LogP contribution < -0.4 is 5.32 Å². The second kappa shape index (κ2) is 5.32. The maximum atomic E-state index is 6.43. The Bertz CT molecular complexity index is 494. The second-order valence-electron chi connectivity index (χ2n) is 6.49. The number of piperazine rings is 1. The van der Waals surface area contributed by atoms with E-state index in [0.29, 0.717) is 0 Å². The van der Waals surface area contributed by atoms with Gasteiger partial charge in [-0.3, -0.25) is 9.58 Å². The van der Waals surface area contributed by atoms with Crippen molar-refractivity contribution in [2.45, 2.75) is 52.2 Å². The normalized spacial score (nSPS) is 28.0. The zero-order chi connectivity index (χ0) is 14.3. The maximum Gasteiger partial charge on any atom is 0.0860 e. The van der Waals surface area contributed by atoms with Gasteiger partial charge in [0.05, 0.1) is 16.4 Å². The summed E-state index contributed by atoms with van der Waals surface area (Å²) in [6, 6.07) is 0. The Labute approximate surface area is 126 Å². The molecule has 4 nitrogen and oxygen atoms in total. The van der Waals surface area contributed by atoms with E-state index in [1.807, 2.05) is 11.6 Å². The molecule has 1 aromatic rings. The van der Waals surface area contributed by atoms with Gasteiger partial charge >= 0.3 is 0 Å². The van der Waals surface area contributed by atoms with Crippen molar-refractivity contribution in [1.82, 2.24) is 20.0 Å². The Morgan fingerprint density at radius 1 is 1.45 bits per heavy atom. The molecule has 20 heavy (non-hydrogen) atoms. The minimum Gasteiger partial charge on any atom is -0.309 e. The van der Waals surface area contributed by atoms with Crippen LogP contribution in [0.1, 0.15) is 38.1 Å². The zero-order valence-electron chi connectivity index (χ0n) is 12.7. The van der Waals surface area contributed by atoms with Crippen LogP contribution in [0.5, 0.6) is 0 Å². The quantitative estimate of drug-likeness (QED) is 0.926. The first-order valence-electron chi connectivity index (χ1n) is 7.72. The molecule has 2 fully saturated rings. The summed E-state index contributed by atoms with van der Waals surface area (Å²) < 4.78 is 2.05. The van der Waals surface area contributed by atoms with Gasteiger partial charge in [-0.2, -0.15) is 5.10 Å². The van der Waals surface area contributed by atoms with E-state index < -0.39 is 0 Å². The Morgan fingerprint density at radius 2 is 2.20 bits per heavy atom. The lowest BCUT2D eigenvalue weighted by molar-refractivity contribution is 0.119. The third kappa shape index (κ3) is 2.61. The van der Waals surface area contributed by atoms with Crippen LogP contribution in [-0.2, 0) is 13.1 Å². The van der Waals surface area contributed by atoms with Gasteiger partial charge < -0.3 is 5.32 Å². The number of hydrogen-bond acceptors (Lipinski definition) is 3. The van der Waals surface area contributed by atoms with Gasteiger partial charge in [-0.1, -0.05) is 11.6 Å². The highest BCUT2D eigenvalue weighted by Gasteiger charge is 2.43. The number of aryl methyl sites for hydroxylation is 2. The molecule has 1 saturated carbocycles. The average molecular weight is 297 g/mol. The van der Waals surface area contributed by atoms with Crippen LogP contribution in [0.2, 0.25) is 5.02 Å². The summed E-state index contributed by atoms with van der Waals surface area (Å²) >= 11 is 6.43. The van der Waals surface area contributed by atoms with E-state index in [2.05, 4.69) is 29.2 Å². The van der Waals surface area contributed by atoms with E-state index in [9.17, 15) is 0 Å². The molecule has 1 aliphatic carbocycles. The molecule has 3 rings (SSSR count). The maximum absolute atomic E-state index is 6.43. The molecular weight excluding hydrogens is 272 g/mol. The molecule has 0 aromatic carbocycles. The molecule has 0 bridgehead atoms. The highest BCUT2D eigenvalue weighted by Crippen LogP contribution is 2.41. The smallest absolute Gasteiger partial charge is 0.0860 e. The van der Waals surface area contributed by atoms with E-state index in [0.717, 1.165) is 49.4 Å². The first-order chi connectivity index (χ1) is 9.53. The predicted molar refractivity (Wildman–Crippen MR) is 82.1 cm³/mol. The first kappa shape index (κ1) is 14.4. The van der Waals surface area contributed by atoms with E-state index in [4.69, 9.17) is 11.6 Å². The molecule has 1 saturated heterocycles. The summed E-state index contributed by atoms with van der Waals surface area (Å²) in [7, 11) is 0. The summed E-state index contributed by atoms with van der Waals surface area (Å²) in [6.07, 6.45) is 2.76. The van der Waals surface area contributed by atoms with Crippen molar-refractivity contribution in [3.63, 3.8) is 0 Å². The first-order valence-corrected chi connectivity index (χ1v) is 8.10. The SMILES string of the molecule is CCn1nc(C)c(Cl)c1CN1CCNC(C)(C2CC2)C1. The molecule has 1 N–H and O–H groups in total. The zero-order valence-corrected chi connectivity index (χ0v) is 13.5. The third-order valence-corrected chi connectivity index (χ3v) is 5.31. The minimum absolute atomic E-state index is 0.289. The van der Waals surface area contributed by atoms with Crippen molar-refractivity contribution in [3.05, 3.63) is 16.4 Å². The Morgan fingerprint density at radius 3 is 2.85 bits per heavy atom. The van der Waals surface area contributed by atoms with Crippen LogP contribution in [-0.4, -0.2) is 39.9 Å². The van der Waals surface area contributed by atoms with E-state index in [1.165, 1.54) is 18.5 Å². The average Bonchev–Trinajstić information content (AvgIpc) is 3.23. The lowest BCUT2D eigenvalue weighted by atomic mass is 9.93. The van der Waals surface area contributed by atoms with Crippen LogP contribution in [0, 0.1) is 12.8 Å². The number of halogens is 1. The lowest BCUT2D eigenvalue weighted by Crippen LogP contribution is -2.59. The van der Waals surface area contributed by atoms with Gasteiger partial charge in [-0.05, 0) is 39.5 Å². The summed E-state index contributed by atoms with van der Waals surface area (Å²) in [6.45, 7) is 11.6. The standard InChI is InChI=1S/C15H25ClN4/c1-4-20-13(14(16)11(2)18-20)9-19-8-7-17-15(3,10-19)12-5-6-12/h12,17H,4-10H2,1-3H3. The molecule has 112 valence electrons. The van der Waals surface area contributed by atoms with Gasteiger partial charge in [0.2, 0.25) is 0 Å². The van der Waals surface area contributed by atoms with Crippen LogP contribution >= 0.6 is 11.6 Å². The van der Waals surface area contributed by atoms with Gasteiger partial charge in [0.25, 0.3) is 0 Å². The fourth-order valence-electron chi connectivity index (χ4n) is 3.46. The predicted octanol–water partition coefficient (Wildman–Crippen LogP) is 2.44. The van der Waals surface area contributed by atoms with Crippen molar-refractivity contribution < 1.29 is 0 Å². The van der Waals surface area contributed by atoms with E-state index in [1.54, 1.807) is 0 Å². The van der Waals surface area contributed by atoms with Crippen LogP contribution in [0.3, 0.4) is 0 Å². The fourth-order valence-corrected chi connectivity index (χ4v) is 3.65. The molecule has 5 heteroatoms. The number of nitrogens with zero attached hydrogens (tertiary/aromatic N) is 3. The van der Waals surface area contributed by atoms with E-state index >= 15 is 0 Å². The Balaban J connectivity index is 1.74. The molecule has 1 aliphatic heterocycles. The van der Waals surface area contributed by atoms with Gasteiger partial charge in [0.15, 0.2) is 0 Å². The molecule has 1 aromatic heterocycles. The van der Waals surface area contributed by atoms with Gasteiger partial charge in [0, 0.05) is 38.3 Å². The molecular formula is C15H25ClN4. The van der Waals surface area contributed by atoms with E-state index in [-0.39, 0.29) is 5.54 Å². The summed E-state index contributed by atoms with van der Waals surface area (Å²) in [5, 5.41) is 9.09. The van der Waals surface area contributed by atoms with Crippen molar-refractivity contribution in [2.24, 2.45) is 5.92 Å². The van der Waals surface area contributed by atoms with Crippen molar-refractivity contribution in [1.29, 1.82) is 0 Å². The summed E-state index contributed by atoms with van der Waals surface area (Å²) in [4.78, 5) is 2.53. The van der Waals surface area contributed by atoms with Crippen LogP contribution in [0.15, 0.2) is 0 Å². The molecule has 0 amide bonds. The number of aromatic nitrogens is 2. The summed E-state index contributed by atoms with van der Waals surface area (Å²) in [5.41, 5.74) is 2.41. The molecule has 2 heterocycles. The highest BCUT2D eigenvalue weighted by atomic mass is 35.5. The fraction of sp³-hybridized carbons (Fsp3) is 0.800. The van der Waals surface area contributed by atoms with Crippen molar-refractivity contribution in [3.8, 4) is 0 Å². The second-order valence-corrected chi connectivity index (χ2v) is 6.87. The topological polar surface area (TPSA) is 33.1 Å². The molecule has 0 spiro atoms. The molecule has 0 radical (unpaired) electrons. The lowest BCUT2D eigenvalue weighted by Gasteiger charge is -2.42. The summed E-state index contributed by atoms with van der Waals surface area (Å²) in [5.74, 6) is 0.860.